The predicted octanol–water partition coefficient (Wildman–Crippen LogP) is 0.936. The molecule has 1 aliphatic heterocycles. The van der Waals surface area contributed by atoms with Crippen LogP contribution in [-0.4, -0.2) is 18.8 Å². The van der Waals surface area contributed by atoms with Crippen LogP contribution in [0.15, 0.2) is 0 Å². The average Bonchev–Trinajstić information content (AvgIpc) is 2.17. The Hall–Kier alpha value is 0.210. The van der Waals surface area contributed by atoms with E-state index < -0.39 is 0 Å². The summed E-state index contributed by atoms with van der Waals surface area (Å²) >= 11 is 0. The molecule has 1 heterocycles. The van der Waals surface area contributed by atoms with E-state index in [4.69, 9.17) is 10.5 Å². The molecule has 0 amide bonds. The maximum Gasteiger partial charge on any atom is 0.0777 e. The van der Waals surface area contributed by atoms with Crippen molar-refractivity contribution < 1.29 is 4.74 Å². The molecule has 9 heavy (non-hydrogen) atoms. The Morgan fingerprint density at radius 3 is 2.56 bits per heavy atom. The van der Waals surface area contributed by atoms with Gasteiger partial charge in [-0.3, -0.25) is 0 Å². The third-order valence-electron chi connectivity index (χ3n) is 1.73. The molecular formula is C6H14ClNO. The first-order valence-corrected chi connectivity index (χ1v) is 3.11. The number of hydrogen-bond donors (Lipinski definition) is 1. The van der Waals surface area contributed by atoms with Crippen molar-refractivity contribution in [2.45, 2.75) is 25.4 Å². The fourth-order valence-electron chi connectivity index (χ4n) is 0.998. The molecule has 0 unspecified atom stereocenters. The minimum Gasteiger partial charge on any atom is -0.374 e. The van der Waals surface area contributed by atoms with E-state index in [0.29, 0.717) is 6.54 Å². The van der Waals surface area contributed by atoms with E-state index in [1.807, 2.05) is 0 Å². The summed E-state index contributed by atoms with van der Waals surface area (Å²) in [6.45, 7) is 3.63. The van der Waals surface area contributed by atoms with Crippen molar-refractivity contribution >= 4 is 12.4 Å². The lowest BCUT2D eigenvalue weighted by atomic mass is 10.0. The molecule has 0 aliphatic carbocycles. The lowest BCUT2D eigenvalue weighted by molar-refractivity contribution is 0.0280. The van der Waals surface area contributed by atoms with Crippen molar-refractivity contribution in [3.05, 3.63) is 0 Å². The Bertz CT molecular complexity index is 81.1. The van der Waals surface area contributed by atoms with Crippen LogP contribution in [0.25, 0.3) is 0 Å². The second kappa shape index (κ2) is 3.40. The molecule has 1 atom stereocenters. The normalized spacial score (nSPS) is 34.0. The van der Waals surface area contributed by atoms with Crippen molar-refractivity contribution in [3.8, 4) is 0 Å². The summed E-state index contributed by atoms with van der Waals surface area (Å²) in [5.74, 6) is 0. The minimum atomic E-state index is 0. The Morgan fingerprint density at radius 1 is 1.67 bits per heavy atom. The Morgan fingerprint density at radius 2 is 2.33 bits per heavy atom. The van der Waals surface area contributed by atoms with E-state index in [1.54, 1.807) is 0 Å². The molecule has 1 fully saturated rings. The summed E-state index contributed by atoms with van der Waals surface area (Å²) in [5.41, 5.74) is 5.46. The van der Waals surface area contributed by atoms with Gasteiger partial charge in [-0.05, 0) is 19.8 Å². The number of nitrogens with two attached hydrogens (primary N) is 1. The van der Waals surface area contributed by atoms with Crippen LogP contribution in [0.2, 0.25) is 0 Å². The third kappa shape index (κ3) is 2.12. The van der Waals surface area contributed by atoms with Crippen molar-refractivity contribution in [3.63, 3.8) is 0 Å². The summed E-state index contributed by atoms with van der Waals surface area (Å²) in [7, 11) is 0. The zero-order valence-corrected chi connectivity index (χ0v) is 6.54. The standard InChI is InChI=1S/C6H13NO.ClH/c1-6(5-7)3-2-4-8-6;/h2-5,7H2,1H3;1H/t6-;/m1./s1. The second-order valence-corrected chi connectivity index (χ2v) is 2.61. The summed E-state index contributed by atoms with van der Waals surface area (Å²) in [4.78, 5) is 0. The Labute approximate surface area is 62.2 Å². The zero-order valence-electron chi connectivity index (χ0n) is 5.72. The molecule has 2 nitrogen and oxygen atoms in total. The summed E-state index contributed by atoms with van der Waals surface area (Å²) in [6.07, 6.45) is 2.30. The first-order chi connectivity index (χ1) is 3.77. The maximum absolute atomic E-state index is 5.44. The summed E-state index contributed by atoms with van der Waals surface area (Å²) in [5, 5.41) is 0. The van der Waals surface area contributed by atoms with E-state index in [-0.39, 0.29) is 18.0 Å². The fraction of sp³-hybridized carbons (Fsp3) is 1.00. The van der Waals surface area contributed by atoms with Crippen LogP contribution in [0.1, 0.15) is 19.8 Å². The third-order valence-corrected chi connectivity index (χ3v) is 1.73. The van der Waals surface area contributed by atoms with Gasteiger partial charge in [-0.15, -0.1) is 12.4 Å². The monoisotopic (exact) mass is 151 g/mol. The zero-order chi connectivity index (χ0) is 6.04. The molecule has 0 spiro atoms. The van der Waals surface area contributed by atoms with Gasteiger partial charge in [0.2, 0.25) is 0 Å². The van der Waals surface area contributed by atoms with Crippen molar-refractivity contribution in [2.24, 2.45) is 5.73 Å². The number of hydrogen-bond acceptors (Lipinski definition) is 2. The van der Waals surface area contributed by atoms with Gasteiger partial charge >= 0.3 is 0 Å². The maximum atomic E-state index is 5.44. The van der Waals surface area contributed by atoms with Gasteiger partial charge in [-0.25, -0.2) is 0 Å². The van der Waals surface area contributed by atoms with Gasteiger partial charge in [0.25, 0.3) is 0 Å². The first-order valence-electron chi connectivity index (χ1n) is 3.11. The molecule has 0 radical (unpaired) electrons. The molecule has 1 saturated heterocycles. The number of ether oxygens (including phenoxy) is 1. The first kappa shape index (κ1) is 9.21. The quantitative estimate of drug-likeness (QED) is 0.606. The Balaban J connectivity index is 0.000000640. The molecule has 2 N–H and O–H groups in total. The van der Waals surface area contributed by atoms with Gasteiger partial charge in [-0.1, -0.05) is 0 Å². The van der Waals surface area contributed by atoms with E-state index in [1.165, 1.54) is 6.42 Å². The van der Waals surface area contributed by atoms with Crippen molar-refractivity contribution in [1.82, 2.24) is 0 Å². The number of halogens is 1. The highest BCUT2D eigenvalue weighted by atomic mass is 35.5. The van der Waals surface area contributed by atoms with E-state index >= 15 is 0 Å². The highest BCUT2D eigenvalue weighted by Gasteiger charge is 2.27. The highest BCUT2D eigenvalue weighted by Crippen LogP contribution is 2.22. The predicted molar refractivity (Wildman–Crippen MR) is 39.9 cm³/mol. The van der Waals surface area contributed by atoms with Gasteiger partial charge in [-0.2, -0.15) is 0 Å². The Kier molecular flexibility index (Phi) is 3.48. The highest BCUT2D eigenvalue weighted by molar-refractivity contribution is 5.85. The van der Waals surface area contributed by atoms with Crippen LogP contribution in [0.4, 0.5) is 0 Å². The molecular weight excluding hydrogens is 138 g/mol. The van der Waals surface area contributed by atoms with E-state index in [0.717, 1.165) is 13.0 Å². The smallest absolute Gasteiger partial charge is 0.0777 e. The van der Waals surface area contributed by atoms with Crippen LogP contribution in [-0.2, 0) is 4.74 Å². The molecule has 0 bridgehead atoms. The van der Waals surface area contributed by atoms with Crippen LogP contribution in [0.3, 0.4) is 0 Å². The van der Waals surface area contributed by atoms with Gasteiger partial charge in [0, 0.05) is 13.2 Å². The molecule has 0 aromatic rings. The molecule has 0 aromatic carbocycles. The average molecular weight is 152 g/mol. The lowest BCUT2D eigenvalue weighted by Crippen LogP contribution is -2.32. The lowest BCUT2D eigenvalue weighted by Gasteiger charge is -2.19. The number of rotatable bonds is 1. The van der Waals surface area contributed by atoms with Gasteiger partial charge < -0.3 is 10.5 Å². The van der Waals surface area contributed by atoms with Gasteiger partial charge in [0.15, 0.2) is 0 Å². The molecule has 3 heteroatoms. The fourth-order valence-corrected chi connectivity index (χ4v) is 0.998. The molecule has 56 valence electrons. The topological polar surface area (TPSA) is 35.2 Å². The minimum absolute atomic E-state index is 0. The van der Waals surface area contributed by atoms with Crippen LogP contribution >= 0.6 is 12.4 Å². The molecule has 0 saturated carbocycles. The molecule has 0 aromatic heterocycles. The van der Waals surface area contributed by atoms with Gasteiger partial charge in [0.05, 0.1) is 5.60 Å². The molecule has 1 rings (SSSR count). The summed E-state index contributed by atoms with van der Waals surface area (Å²) in [6, 6.07) is 0. The van der Waals surface area contributed by atoms with Gasteiger partial charge in [0.1, 0.15) is 0 Å². The van der Waals surface area contributed by atoms with Crippen LogP contribution in [0, 0.1) is 0 Å². The van der Waals surface area contributed by atoms with Crippen LogP contribution < -0.4 is 5.73 Å². The van der Waals surface area contributed by atoms with E-state index in [9.17, 15) is 0 Å². The molecule has 1 aliphatic rings. The summed E-state index contributed by atoms with van der Waals surface area (Å²) < 4.78 is 5.36. The van der Waals surface area contributed by atoms with Crippen LogP contribution in [0.5, 0.6) is 0 Å². The SMILES string of the molecule is C[C@]1(CN)CCCO1.Cl. The largest absolute Gasteiger partial charge is 0.374 e. The van der Waals surface area contributed by atoms with E-state index in [2.05, 4.69) is 6.92 Å². The second-order valence-electron chi connectivity index (χ2n) is 2.61. The van der Waals surface area contributed by atoms with Crippen molar-refractivity contribution in [2.75, 3.05) is 13.2 Å². The van der Waals surface area contributed by atoms with Crippen molar-refractivity contribution in [1.29, 1.82) is 0 Å².